The second kappa shape index (κ2) is 7.17. The minimum absolute atomic E-state index is 0.432. The van der Waals surface area contributed by atoms with Gasteiger partial charge < -0.3 is 0 Å². The van der Waals surface area contributed by atoms with Crippen LogP contribution >= 0.6 is 23.4 Å². The molecule has 8 heteroatoms. The van der Waals surface area contributed by atoms with E-state index in [1.807, 2.05) is 41.9 Å². The van der Waals surface area contributed by atoms with Gasteiger partial charge >= 0.3 is 0 Å². The standard InChI is InChI=1S/C17H19ClN6S/c1-12-15(16(18)23(20-12)13-7-3-2-4-8-13)11-25-17-19-21-22-24(17)14-9-5-6-10-14/h2-4,7-8,14H,5-6,9-11H2,1H3. The molecule has 2 heterocycles. The summed E-state index contributed by atoms with van der Waals surface area (Å²) < 4.78 is 3.76. The highest BCUT2D eigenvalue weighted by Gasteiger charge is 2.22. The molecule has 3 aromatic rings. The molecule has 0 saturated heterocycles. The maximum Gasteiger partial charge on any atom is 0.209 e. The molecule has 1 fully saturated rings. The molecule has 0 unspecified atom stereocenters. The molecule has 0 aliphatic heterocycles. The van der Waals surface area contributed by atoms with E-state index in [4.69, 9.17) is 11.6 Å². The van der Waals surface area contributed by atoms with Gasteiger partial charge in [0.15, 0.2) is 0 Å². The minimum atomic E-state index is 0.432. The van der Waals surface area contributed by atoms with Gasteiger partial charge in [-0.15, -0.1) is 5.10 Å². The first-order valence-corrected chi connectivity index (χ1v) is 9.80. The van der Waals surface area contributed by atoms with Crippen LogP contribution in [0.15, 0.2) is 35.5 Å². The van der Waals surface area contributed by atoms with Crippen molar-refractivity contribution in [3.63, 3.8) is 0 Å². The lowest BCUT2D eigenvalue weighted by atomic mass is 10.3. The third-order valence-corrected chi connectivity index (χ3v) is 5.95. The zero-order valence-electron chi connectivity index (χ0n) is 14.0. The number of nitrogens with zero attached hydrogens (tertiary/aromatic N) is 6. The molecule has 1 aliphatic carbocycles. The quantitative estimate of drug-likeness (QED) is 0.625. The Balaban J connectivity index is 1.54. The van der Waals surface area contributed by atoms with Crippen LogP contribution in [0.5, 0.6) is 0 Å². The fourth-order valence-electron chi connectivity index (χ4n) is 3.23. The molecular formula is C17H19ClN6S. The van der Waals surface area contributed by atoms with Crippen molar-refractivity contribution >= 4 is 23.4 Å². The van der Waals surface area contributed by atoms with Crippen molar-refractivity contribution in [3.8, 4) is 5.69 Å². The molecule has 4 rings (SSSR count). The van der Waals surface area contributed by atoms with E-state index in [0.29, 0.717) is 16.9 Å². The fraction of sp³-hybridized carbons (Fsp3) is 0.412. The second-order valence-electron chi connectivity index (χ2n) is 6.24. The van der Waals surface area contributed by atoms with Crippen LogP contribution in [0.2, 0.25) is 5.15 Å². The Morgan fingerprint density at radius 1 is 1.20 bits per heavy atom. The lowest BCUT2D eigenvalue weighted by Crippen LogP contribution is -2.08. The van der Waals surface area contributed by atoms with Crippen molar-refractivity contribution in [1.29, 1.82) is 0 Å². The first-order valence-electron chi connectivity index (χ1n) is 8.44. The smallest absolute Gasteiger partial charge is 0.209 e. The summed E-state index contributed by atoms with van der Waals surface area (Å²) in [5.41, 5.74) is 2.92. The van der Waals surface area contributed by atoms with Crippen LogP contribution in [0, 0.1) is 6.92 Å². The van der Waals surface area contributed by atoms with Gasteiger partial charge in [-0.25, -0.2) is 9.36 Å². The third kappa shape index (κ3) is 3.30. The molecule has 25 heavy (non-hydrogen) atoms. The van der Waals surface area contributed by atoms with Crippen LogP contribution in [0.3, 0.4) is 0 Å². The van der Waals surface area contributed by atoms with Crippen molar-refractivity contribution in [1.82, 2.24) is 30.0 Å². The van der Waals surface area contributed by atoms with E-state index in [1.165, 1.54) is 12.8 Å². The van der Waals surface area contributed by atoms with Gasteiger partial charge in [-0.1, -0.05) is 54.4 Å². The molecule has 6 nitrogen and oxygen atoms in total. The van der Waals surface area contributed by atoms with Crippen molar-refractivity contribution in [2.75, 3.05) is 0 Å². The third-order valence-electron chi connectivity index (χ3n) is 4.60. The van der Waals surface area contributed by atoms with Crippen molar-refractivity contribution in [3.05, 3.63) is 46.7 Å². The van der Waals surface area contributed by atoms with E-state index in [9.17, 15) is 0 Å². The van der Waals surface area contributed by atoms with Crippen LogP contribution in [0.4, 0.5) is 0 Å². The summed E-state index contributed by atoms with van der Waals surface area (Å²) in [7, 11) is 0. The Kier molecular flexibility index (Phi) is 4.76. The monoisotopic (exact) mass is 374 g/mol. The van der Waals surface area contributed by atoms with Gasteiger partial charge in [-0.05, 0) is 42.3 Å². The molecule has 1 aromatic carbocycles. The number of rotatable bonds is 5. The summed E-state index contributed by atoms with van der Waals surface area (Å²) in [5.74, 6) is 0.699. The maximum absolute atomic E-state index is 6.60. The molecule has 0 atom stereocenters. The summed E-state index contributed by atoms with van der Waals surface area (Å²) in [6.45, 7) is 1.99. The fourth-order valence-corrected chi connectivity index (χ4v) is 4.68. The number of aryl methyl sites for hydroxylation is 1. The molecule has 0 spiro atoms. The highest BCUT2D eigenvalue weighted by Crippen LogP contribution is 2.34. The second-order valence-corrected chi connectivity index (χ2v) is 7.54. The highest BCUT2D eigenvalue weighted by atomic mass is 35.5. The lowest BCUT2D eigenvalue weighted by molar-refractivity contribution is 0.423. The van der Waals surface area contributed by atoms with E-state index in [-0.39, 0.29) is 0 Å². The number of para-hydroxylation sites is 1. The molecule has 0 bridgehead atoms. The average molecular weight is 375 g/mol. The van der Waals surface area contributed by atoms with Crippen LogP contribution in [0.1, 0.15) is 43.0 Å². The predicted molar refractivity (Wildman–Crippen MR) is 98.2 cm³/mol. The molecule has 0 radical (unpaired) electrons. The molecule has 1 saturated carbocycles. The van der Waals surface area contributed by atoms with Gasteiger partial charge in [0.05, 0.1) is 17.4 Å². The Hall–Kier alpha value is -1.86. The zero-order chi connectivity index (χ0) is 17.2. The summed E-state index contributed by atoms with van der Waals surface area (Å²) in [6, 6.07) is 10.4. The van der Waals surface area contributed by atoms with Crippen LogP contribution in [-0.2, 0) is 5.75 Å². The molecule has 130 valence electrons. The minimum Gasteiger partial charge on any atom is -0.222 e. The summed E-state index contributed by atoms with van der Waals surface area (Å²) >= 11 is 8.22. The molecule has 2 aromatic heterocycles. The number of thioether (sulfide) groups is 1. The van der Waals surface area contributed by atoms with Gasteiger partial charge in [-0.2, -0.15) is 5.10 Å². The van der Waals surface area contributed by atoms with Gasteiger partial charge in [-0.3, -0.25) is 0 Å². The highest BCUT2D eigenvalue weighted by molar-refractivity contribution is 7.98. The number of hydrogen-bond acceptors (Lipinski definition) is 5. The Bertz CT molecular complexity index is 853. The van der Waals surface area contributed by atoms with Crippen molar-refractivity contribution in [2.24, 2.45) is 0 Å². The van der Waals surface area contributed by atoms with Gasteiger partial charge in [0.2, 0.25) is 5.16 Å². The first kappa shape index (κ1) is 16.6. The topological polar surface area (TPSA) is 61.4 Å². The van der Waals surface area contributed by atoms with E-state index in [2.05, 4.69) is 20.6 Å². The Morgan fingerprint density at radius 2 is 1.96 bits per heavy atom. The van der Waals surface area contributed by atoms with E-state index < -0.39 is 0 Å². The number of aromatic nitrogens is 6. The van der Waals surface area contributed by atoms with E-state index in [1.54, 1.807) is 16.4 Å². The zero-order valence-corrected chi connectivity index (χ0v) is 15.5. The van der Waals surface area contributed by atoms with Crippen LogP contribution in [0.25, 0.3) is 5.69 Å². The average Bonchev–Trinajstić information content (AvgIpc) is 3.35. The van der Waals surface area contributed by atoms with E-state index in [0.717, 1.165) is 34.9 Å². The summed E-state index contributed by atoms with van der Waals surface area (Å²) in [5, 5.41) is 18.3. The maximum atomic E-state index is 6.60. The lowest BCUT2D eigenvalue weighted by Gasteiger charge is -2.10. The number of benzene rings is 1. The SMILES string of the molecule is Cc1nn(-c2ccccc2)c(Cl)c1CSc1nnnn1C1CCCC1. The first-order chi connectivity index (χ1) is 12.2. The van der Waals surface area contributed by atoms with Gasteiger partial charge in [0, 0.05) is 11.3 Å². The summed E-state index contributed by atoms with van der Waals surface area (Å²) in [6.07, 6.45) is 4.82. The molecule has 0 N–H and O–H groups in total. The Labute approximate surface area is 155 Å². The normalized spacial score (nSPS) is 15.1. The summed E-state index contributed by atoms with van der Waals surface area (Å²) in [4.78, 5) is 0. The van der Waals surface area contributed by atoms with Gasteiger partial charge in [0.25, 0.3) is 0 Å². The van der Waals surface area contributed by atoms with Gasteiger partial charge in [0.1, 0.15) is 5.15 Å². The molecular weight excluding hydrogens is 356 g/mol. The van der Waals surface area contributed by atoms with Crippen molar-refractivity contribution < 1.29 is 0 Å². The Morgan fingerprint density at radius 3 is 2.72 bits per heavy atom. The van der Waals surface area contributed by atoms with E-state index >= 15 is 0 Å². The molecule has 1 aliphatic rings. The van der Waals surface area contributed by atoms with Crippen molar-refractivity contribution in [2.45, 2.75) is 49.6 Å². The number of halogens is 1. The number of hydrogen-bond donors (Lipinski definition) is 0. The molecule has 0 amide bonds. The van der Waals surface area contributed by atoms with Crippen LogP contribution < -0.4 is 0 Å². The van der Waals surface area contributed by atoms with Crippen LogP contribution in [-0.4, -0.2) is 30.0 Å². The predicted octanol–water partition coefficient (Wildman–Crippen LogP) is 4.23. The largest absolute Gasteiger partial charge is 0.222 e. The number of tetrazole rings is 1.